The normalized spacial score (nSPS) is 20.3. The number of anilines is 1. The highest BCUT2D eigenvalue weighted by Crippen LogP contribution is 2.44. The smallest absolute Gasteiger partial charge is 0.417 e. The van der Waals surface area contributed by atoms with Gasteiger partial charge in [-0.25, -0.2) is 19.2 Å². The third kappa shape index (κ3) is 5.48. The molecule has 0 bridgehead atoms. The molecule has 2 saturated heterocycles. The summed E-state index contributed by atoms with van der Waals surface area (Å²) in [5.74, 6) is -0.692. The van der Waals surface area contributed by atoms with Crippen molar-refractivity contribution < 1.29 is 27.1 Å². The zero-order valence-corrected chi connectivity index (χ0v) is 25.6. The number of halogens is 5. The van der Waals surface area contributed by atoms with Crippen LogP contribution in [0.15, 0.2) is 16.9 Å². The van der Waals surface area contributed by atoms with E-state index >= 15 is 4.39 Å². The number of piperidine rings is 1. The summed E-state index contributed by atoms with van der Waals surface area (Å²) in [6.07, 6.45) is -2.96. The quantitative estimate of drug-likeness (QED) is 0.314. The molecule has 0 aliphatic carbocycles. The van der Waals surface area contributed by atoms with E-state index in [9.17, 15) is 23.2 Å². The van der Waals surface area contributed by atoms with Crippen molar-refractivity contribution in [1.29, 1.82) is 5.26 Å². The first kappa shape index (κ1) is 30.3. The van der Waals surface area contributed by atoms with Crippen LogP contribution >= 0.6 is 15.9 Å². The highest BCUT2D eigenvalue weighted by atomic mass is 79.9. The number of nitriles is 1. The number of alkyl halides is 3. The molecular weight excluding hydrogens is 622 g/mol. The highest BCUT2D eigenvalue weighted by molar-refractivity contribution is 9.10. The van der Waals surface area contributed by atoms with E-state index in [1.165, 1.54) is 4.90 Å². The van der Waals surface area contributed by atoms with Crippen molar-refractivity contribution >= 4 is 49.8 Å². The van der Waals surface area contributed by atoms with Crippen LogP contribution in [0.5, 0.6) is 0 Å². The molecule has 5 rings (SSSR count). The van der Waals surface area contributed by atoms with Crippen molar-refractivity contribution in [3.63, 3.8) is 0 Å². The van der Waals surface area contributed by atoms with E-state index in [0.717, 1.165) is 6.07 Å². The second-order valence-corrected chi connectivity index (χ2v) is 12.9. The topological polar surface area (TPSA) is 90.5 Å². The van der Waals surface area contributed by atoms with Gasteiger partial charge in [0.2, 0.25) is 0 Å². The van der Waals surface area contributed by atoms with Gasteiger partial charge in [-0.05, 0) is 69.7 Å². The second-order valence-electron chi connectivity index (χ2n) is 12.1. The number of likely N-dealkylation sites (tertiary alicyclic amines) is 1. The van der Waals surface area contributed by atoms with Crippen LogP contribution in [0, 0.1) is 17.1 Å². The van der Waals surface area contributed by atoms with Crippen LogP contribution in [0.3, 0.4) is 0 Å². The number of hydrogen-bond donors (Lipinski definition) is 0. The number of carbonyl (C=O) groups is 1. The maximum Gasteiger partial charge on any atom is 0.417 e. The molecule has 1 aromatic carbocycles. The number of aromatic nitrogens is 3. The number of pyridine rings is 1. The van der Waals surface area contributed by atoms with Gasteiger partial charge in [-0.3, -0.25) is 0 Å². The van der Waals surface area contributed by atoms with Gasteiger partial charge in [0, 0.05) is 43.1 Å². The third-order valence-corrected chi connectivity index (χ3v) is 8.67. The summed E-state index contributed by atoms with van der Waals surface area (Å²) in [7, 11) is 3.91. The van der Waals surface area contributed by atoms with E-state index in [1.54, 1.807) is 31.7 Å². The SMILES string of the molecule is CN(C)C1CN(c2nc3c(F)c(Br)c(C(F)(F)F)cc3c3c2ncn3[C@H]2CCN(C(=O)OC(C)(C)C)[C@H](CC#N)C2)C1. The van der Waals surface area contributed by atoms with Crippen LogP contribution in [-0.2, 0) is 10.9 Å². The van der Waals surface area contributed by atoms with Crippen molar-refractivity contribution in [2.45, 2.75) is 69.9 Å². The Hall–Kier alpha value is -3.18. The summed E-state index contributed by atoms with van der Waals surface area (Å²) in [6.45, 7) is 6.77. The minimum atomic E-state index is -4.81. The van der Waals surface area contributed by atoms with Crippen molar-refractivity contribution in [2.24, 2.45) is 0 Å². The summed E-state index contributed by atoms with van der Waals surface area (Å²) >= 11 is 2.82. The molecule has 9 nitrogen and oxygen atoms in total. The highest BCUT2D eigenvalue weighted by Gasteiger charge is 2.39. The first-order valence-corrected chi connectivity index (χ1v) is 14.4. The van der Waals surface area contributed by atoms with Gasteiger partial charge in [0.15, 0.2) is 11.6 Å². The summed E-state index contributed by atoms with van der Waals surface area (Å²) < 4.78 is 64.2. The maximum absolute atomic E-state index is 15.6. The Morgan fingerprint density at radius 1 is 1.24 bits per heavy atom. The van der Waals surface area contributed by atoms with Gasteiger partial charge in [0.1, 0.15) is 16.6 Å². The van der Waals surface area contributed by atoms with Crippen molar-refractivity contribution in [1.82, 2.24) is 24.3 Å². The van der Waals surface area contributed by atoms with E-state index < -0.39 is 39.8 Å². The molecule has 4 heterocycles. The average Bonchev–Trinajstić information content (AvgIpc) is 3.29. The lowest BCUT2D eigenvalue weighted by Crippen LogP contribution is -2.57. The van der Waals surface area contributed by atoms with Gasteiger partial charge in [-0.15, -0.1) is 0 Å². The predicted molar refractivity (Wildman–Crippen MR) is 153 cm³/mol. The van der Waals surface area contributed by atoms with Crippen LogP contribution in [0.1, 0.15) is 51.6 Å². The fraction of sp³-hybridized carbons (Fsp3) is 0.571. The Bertz CT molecular complexity index is 1570. The second kappa shape index (κ2) is 10.8. The molecule has 3 aromatic rings. The molecular formula is C28H32BrF4N7O2. The van der Waals surface area contributed by atoms with Crippen LogP contribution in [0.4, 0.5) is 28.2 Å². The fourth-order valence-corrected chi connectivity index (χ4v) is 6.18. The lowest BCUT2D eigenvalue weighted by molar-refractivity contribution is -0.138. The maximum atomic E-state index is 15.6. The molecule has 2 aromatic heterocycles. The van der Waals surface area contributed by atoms with Gasteiger partial charge in [-0.2, -0.15) is 18.4 Å². The monoisotopic (exact) mass is 653 g/mol. The van der Waals surface area contributed by atoms with E-state index in [0.29, 0.717) is 42.8 Å². The number of rotatable bonds is 4. The lowest BCUT2D eigenvalue weighted by Gasteiger charge is -2.43. The number of fused-ring (bicyclic) bond motifs is 3. The van der Waals surface area contributed by atoms with Gasteiger partial charge >= 0.3 is 12.3 Å². The van der Waals surface area contributed by atoms with E-state index in [2.05, 4.69) is 36.9 Å². The van der Waals surface area contributed by atoms with Gasteiger partial charge in [-0.1, -0.05) is 0 Å². The van der Waals surface area contributed by atoms with E-state index in [4.69, 9.17) is 4.74 Å². The average molecular weight is 655 g/mol. The van der Waals surface area contributed by atoms with Crippen molar-refractivity contribution in [2.75, 3.05) is 38.6 Å². The van der Waals surface area contributed by atoms with Crippen LogP contribution in [-0.4, -0.2) is 81.8 Å². The number of amides is 1. The lowest BCUT2D eigenvalue weighted by atomic mass is 9.95. The van der Waals surface area contributed by atoms with Gasteiger partial charge < -0.3 is 24.0 Å². The molecule has 0 saturated carbocycles. The Morgan fingerprint density at radius 2 is 1.93 bits per heavy atom. The van der Waals surface area contributed by atoms with Crippen molar-refractivity contribution in [3.05, 3.63) is 28.2 Å². The molecule has 2 aliphatic heterocycles. The molecule has 42 heavy (non-hydrogen) atoms. The molecule has 1 amide bonds. The summed E-state index contributed by atoms with van der Waals surface area (Å²) in [6, 6.07) is 2.49. The summed E-state index contributed by atoms with van der Waals surface area (Å²) in [5, 5.41) is 9.51. The minimum absolute atomic E-state index is 0.00429. The first-order valence-electron chi connectivity index (χ1n) is 13.6. The Labute approximate surface area is 249 Å². The van der Waals surface area contributed by atoms with Crippen LogP contribution in [0.2, 0.25) is 0 Å². The Kier molecular flexibility index (Phi) is 7.81. The number of imidazole rings is 1. The zero-order valence-electron chi connectivity index (χ0n) is 24.0. The molecule has 14 heteroatoms. The number of nitrogens with zero attached hydrogens (tertiary/aromatic N) is 7. The summed E-state index contributed by atoms with van der Waals surface area (Å²) in [4.78, 5) is 27.6. The molecule has 226 valence electrons. The molecule has 0 radical (unpaired) electrons. The van der Waals surface area contributed by atoms with E-state index in [-0.39, 0.29) is 36.0 Å². The molecule has 0 spiro atoms. The number of hydrogen-bond acceptors (Lipinski definition) is 7. The first-order chi connectivity index (χ1) is 19.6. The number of benzene rings is 1. The third-order valence-electron chi connectivity index (χ3n) is 7.89. The van der Waals surface area contributed by atoms with E-state index in [1.807, 2.05) is 19.0 Å². The molecule has 2 atom stereocenters. The van der Waals surface area contributed by atoms with Gasteiger partial charge in [0.05, 0.1) is 34.4 Å². The number of ether oxygens (including phenoxy) is 1. The zero-order chi connectivity index (χ0) is 30.7. The summed E-state index contributed by atoms with van der Waals surface area (Å²) in [5.41, 5.74) is -1.33. The number of likely N-dealkylation sites (N-methyl/N-ethyl adjacent to an activating group) is 1. The van der Waals surface area contributed by atoms with Gasteiger partial charge in [0.25, 0.3) is 0 Å². The predicted octanol–water partition coefficient (Wildman–Crippen LogP) is 6.11. The van der Waals surface area contributed by atoms with Crippen molar-refractivity contribution in [3.8, 4) is 6.07 Å². The Balaban J connectivity index is 1.63. The van der Waals surface area contributed by atoms with Crippen LogP contribution in [0.25, 0.3) is 21.9 Å². The fourth-order valence-electron chi connectivity index (χ4n) is 5.66. The molecule has 0 N–H and O–H groups in total. The Morgan fingerprint density at radius 3 is 2.52 bits per heavy atom. The largest absolute Gasteiger partial charge is 0.444 e. The minimum Gasteiger partial charge on any atom is -0.444 e. The standard InChI is InChI=1S/C28H32BrF4N7O2/c1-27(2,3)42-26(41)39-9-7-16(10-15(39)6-8-34)40-14-35-23-24(40)18-11-19(28(31,32)33)20(29)21(30)22(18)36-25(23)38-12-17(13-38)37(4)5/h11,14-17H,6-7,9-10,12-13H2,1-5H3/t15-,16+/m1/s1. The van der Waals surface area contributed by atoms with Crippen LogP contribution < -0.4 is 4.90 Å². The molecule has 2 fully saturated rings. The molecule has 0 unspecified atom stereocenters. The molecule has 2 aliphatic rings. The number of carbonyl (C=O) groups excluding carboxylic acids is 1.